The van der Waals surface area contributed by atoms with Crippen LogP contribution >= 0.6 is 12.4 Å². The molecule has 0 bridgehead atoms. The van der Waals surface area contributed by atoms with Gasteiger partial charge in [-0.2, -0.15) is 0 Å². The Morgan fingerprint density at radius 3 is 3.13 bits per heavy atom. The molecule has 0 amide bonds. The zero-order valence-corrected chi connectivity index (χ0v) is 9.83. The van der Waals surface area contributed by atoms with Crippen LogP contribution in [0.15, 0.2) is 24.5 Å². The summed E-state index contributed by atoms with van der Waals surface area (Å²) in [5, 5.41) is 3.39. The van der Waals surface area contributed by atoms with Crippen LogP contribution in [-0.2, 0) is 6.54 Å². The SMILES string of the molecule is CC1CNCCN1Cc1cccnc1.Cl. The standard InChI is InChI=1S/C11H17N3.ClH/c1-10-7-13-5-6-14(10)9-11-3-2-4-12-8-11;/h2-4,8,10,13H,5-7,9H2,1H3;1H. The molecule has 1 unspecified atom stereocenters. The summed E-state index contributed by atoms with van der Waals surface area (Å²) in [6, 6.07) is 4.77. The predicted octanol–water partition coefficient (Wildman–Crippen LogP) is 1.30. The Kier molecular flexibility index (Phi) is 5.02. The highest BCUT2D eigenvalue weighted by Gasteiger charge is 2.17. The van der Waals surface area contributed by atoms with Gasteiger partial charge in [-0.1, -0.05) is 6.07 Å². The predicted molar refractivity (Wildman–Crippen MR) is 64.2 cm³/mol. The lowest BCUT2D eigenvalue weighted by atomic mass is 10.2. The van der Waals surface area contributed by atoms with Gasteiger partial charge in [-0.25, -0.2) is 0 Å². The lowest BCUT2D eigenvalue weighted by molar-refractivity contribution is 0.165. The summed E-state index contributed by atoms with van der Waals surface area (Å²) in [4.78, 5) is 6.63. The first-order chi connectivity index (χ1) is 6.86. The van der Waals surface area contributed by atoms with Gasteiger partial charge in [0.25, 0.3) is 0 Å². The highest BCUT2D eigenvalue weighted by atomic mass is 35.5. The molecule has 1 aliphatic rings. The van der Waals surface area contributed by atoms with Crippen molar-refractivity contribution >= 4 is 12.4 Å². The molecule has 1 aliphatic heterocycles. The van der Waals surface area contributed by atoms with Gasteiger partial charge >= 0.3 is 0 Å². The van der Waals surface area contributed by atoms with E-state index in [4.69, 9.17) is 0 Å². The average Bonchev–Trinajstić information content (AvgIpc) is 2.23. The van der Waals surface area contributed by atoms with E-state index in [9.17, 15) is 0 Å². The van der Waals surface area contributed by atoms with E-state index < -0.39 is 0 Å². The van der Waals surface area contributed by atoms with Gasteiger partial charge in [0, 0.05) is 44.6 Å². The number of hydrogen-bond acceptors (Lipinski definition) is 3. The van der Waals surface area contributed by atoms with Crippen LogP contribution in [0.4, 0.5) is 0 Å². The van der Waals surface area contributed by atoms with E-state index in [0.717, 1.165) is 26.2 Å². The number of piperazine rings is 1. The monoisotopic (exact) mass is 227 g/mol. The highest BCUT2D eigenvalue weighted by molar-refractivity contribution is 5.85. The summed E-state index contributed by atoms with van der Waals surface area (Å²) in [5.74, 6) is 0. The third-order valence-corrected chi connectivity index (χ3v) is 2.75. The maximum absolute atomic E-state index is 4.13. The van der Waals surface area contributed by atoms with Gasteiger partial charge in [-0.3, -0.25) is 9.88 Å². The fraction of sp³-hybridized carbons (Fsp3) is 0.545. The maximum Gasteiger partial charge on any atom is 0.0312 e. The Bertz CT molecular complexity index is 278. The van der Waals surface area contributed by atoms with Crippen molar-refractivity contribution in [1.29, 1.82) is 0 Å². The van der Waals surface area contributed by atoms with Gasteiger partial charge < -0.3 is 5.32 Å². The molecule has 0 radical (unpaired) electrons. The molecule has 1 fully saturated rings. The first-order valence-corrected chi connectivity index (χ1v) is 5.20. The molecule has 0 spiro atoms. The van der Waals surface area contributed by atoms with Crippen LogP contribution in [0.2, 0.25) is 0 Å². The third kappa shape index (κ3) is 3.45. The minimum absolute atomic E-state index is 0. The Balaban J connectivity index is 0.00000112. The second-order valence-corrected chi connectivity index (χ2v) is 3.88. The second-order valence-electron chi connectivity index (χ2n) is 3.88. The van der Waals surface area contributed by atoms with Crippen molar-refractivity contribution in [2.45, 2.75) is 19.5 Å². The molecule has 1 atom stereocenters. The number of pyridine rings is 1. The fourth-order valence-electron chi connectivity index (χ4n) is 1.84. The summed E-state index contributed by atoms with van der Waals surface area (Å²) in [6.07, 6.45) is 3.78. The number of aromatic nitrogens is 1. The lowest BCUT2D eigenvalue weighted by Gasteiger charge is -2.33. The average molecular weight is 228 g/mol. The van der Waals surface area contributed by atoms with Crippen LogP contribution < -0.4 is 5.32 Å². The van der Waals surface area contributed by atoms with Crippen molar-refractivity contribution in [3.63, 3.8) is 0 Å². The smallest absolute Gasteiger partial charge is 0.0312 e. The van der Waals surface area contributed by atoms with Crippen molar-refractivity contribution in [1.82, 2.24) is 15.2 Å². The topological polar surface area (TPSA) is 28.2 Å². The van der Waals surface area contributed by atoms with E-state index in [2.05, 4.69) is 28.2 Å². The van der Waals surface area contributed by atoms with Crippen molar-refractivity contribution in [3.05, 3.63) is 30.1 Å². The van der Waals surface area contributed by atoms with Gasteiger partial charge in [0.05, 0.1) is 0 Å². The summed E-state index contributed by atoms with van der Waals surface area (Å²) in [7, 11) is 0. The molecule has 0 aromatic carbocycles. The largest absolute Gasteiger partial charge is 0.314 e. The fourth-order valence-corrected chi connectivity index (χ4v) is 1.84. The molecule has 0 saturated carbocycles. The molecule has 2 rings (SSSR count). The van der Waals surface area contributed by atoms with Gasteiger partial charge in [-0.15, -0.1) is 12.4 Å². The van der Waals surface area contributed by atoms with Crippen molar-refractivity contribution < 1.29 is 0 Å². The van der Waals surface area contributed by atoms with Crippen LogP contribution in [0, 0.1) is 0 Å². The van der Waals surface area contributed by atoms with Gasteiger partial charge in [0.1, 0.15) is 0 Å². The van der Waals surface area contributed by atoms with Gasteiger partial charge in [-0.05, 0) is 18.6 Å². The van der Waals surface area contributed by atoms with E-state index in [1.165, 1.54) is 5.56 Å². The Morgan fingerprint density at radius 1 is 1.60 bits per heavy atom. The van der Waals surface area contributed by atoms with Crippen LogP contribution in [0.25, 0.3) is 0 Å². The molecule has 2 heterocycles. The Morgan fingerprint density at radius 2 is 2.47 bits per heavy atom. The minimum atomic E-state index is 0. The molecule has 3 nitrogen and oxygen atoms in total. The number of hydrogen-bond donors (Lipinski definition) is 1. The third-order valence-electron chi connectivity index (χ3n) is 2.75. The minimum Gasteiger partial charge on any atom is -0.314 e. The van der Waals surface area contributed by atoms with Crippen LogP contribution in [0.5, 0.6) is 0 Å². The van der Waals surface area contributed by atoms with E-state index in [1.54, 1.807) is 0 Å². The number of nitrogens with zero attached hydrogens (tertiary/aromatic N) is 2. The van der Waals surface area contributed by atoms with Gasteiger partial charge in [0.2, 0.25) is 0 Å². The van der Waals surface area contributed by atoms with Crippen molar-refractivity contribution in [2.75, 3.05) is 19.6 Å². The van der Waals surface area contributed by atoms with E-state index in [-0.39, 0.29) is 12.4 Å². The van der Waals surface area contributed by atoms with Crippen molar-refractivity contribution in [2.24, 2.45) is 0 Å². The number of rotatable bonds is 2. The number of halogens is 1. The maximum atomic E-state index is 4.13. The molecular formula is C11H18ClN3. The molecular weight excluding hydrogens is 210 g/mol. The molecule has 4 heteroatoms. The summed E-state index contributed by atoms with van der Waals surface area (Å²) in [5.41, 5.74) is 1.31. The van der Waals surface area contributed by atoms with Crippen LogP contribution in [-0.4, -0.2) is 35.6 Å². The molecule has 15 heavy (non-hydrogen) atoms. The van der Waals surface area contributed by atoms with Crippen LogP contribution in [0.3, 0.4) is 0 Å². The molecule has 1 saturated heterocycles. The summed E-state index contributed by atoms with van der Waals surface area (Å²) < 4.78 is 0. The Hall–Kier alpha value is -0.640. The summed E-state index contributed by atoms with van der Waals surface area (Å²) >= 11 is 0. The second kappa shape index (κ2) is 6.05. The first kappa shape index (κ1) is 12.4. The molecule has 84 valence electrons. The normalized spacial score (nSPS) is 22.1. The zero-order chi connectivity index (χ0) is 9.80. The lowest BCUT2D eigenvalue weighted by Crippen LogP contribution is -2.49. The van der Waals surface area contributed by atoms with Crippen molar-refractivity contribution in [3.8, 4) is 0 Å². The van der Waals surface area contributed by atoms with E-state index in [0.29, 0.717) is 6.04 Å². The molecule has 1 aromatic rings. The summed E-state index contributed by atoms with van der Waals surface area (Å²) in [6.45, 7) is 6.63. The van der Waals surface area contributed by atoms with E-state index in [1.807, 2.05) is 18.5 Å². The zero-order valence-electron chi connectivity index (χ0n) is 9.02. The van der Waals surface area contributed by atoms with E-state index >= 15 is 0 Å². The highest BCUT2D eigenvalue weighted by Crippen LogP contribution is 2.08. The Labute approximate surface area is 97.3 Å². The molecule has 1 aromatic heterocycles. The molecule has 1 N–H and O–H groups in total. The van der Waals surface area contributed by atoms with Gasteiger partial charge in [0.15, 0.2) is 0 Å². The first-order valence-electron chi connectivity index (χ1n) is 5.20. The molecule has 0 aliphatic carbocycles. The quantitative estimate of drug-likeness (QED) is 0.826. The number of nitrogens with one attached hydrogen (secondary N) is 1. The van der Waals surface area contributed by atoms with Crippen LogP contribution in [0.1, 0.15) is 12.5 Å².